The van der Waals surface area contributed by atoms with Gasteiger partial charge in [-0.05, 0) is 61.8 Å². The predicted octanol–water partition coefficient (Wildman–Crippen LogP) is 3.89. The summed E-state index contributed by atoms with van der Waals surface area (Å²) in [4.78, 5) is 9.34. The van der Waals surface area contributed by atoms with Gasteiger partial charge in [-0.25, -0.2) is 9.07 Å². The van der Waals surface area contributed by atoms with Gasteiger partial charge in [0, 0.05) is 49.8 Å². The highest BCUT2D eigenvalue weighted by Crippen LogP contribution is 2.20. The smallest absolute Gasteiger partial charge is 0.123 e. The van der Waals surface area contributed by atoms with Crippen molar-refractivity contribution in [3.05, 3.63) is 78.1 Å². The van der Waals surface area contributed by atoms with Crippen LogP contribution in [0.4, 0.5) is 4.39 Å². The van der Waals surface area contributed by atoms with Crippen molar-refractivity contribution < 1.29 is 4.39 Å². The number of likely N-dealkylation sites (N-methyl/N-ethyl adjacent to an activating group) is 1. The molecule has 1 saturated heterocycles. The molecule has 1 aliphatic heterocycles. The van der Waals surface area contributed by atoms with Crippen LogP contribution in [0.3, 0.4) is 0 Å². The van der Waals surface area contributed by atoms with Crippen LogP contribution >= 0.6 is 0 Å². The third kappa shape index (κ3) is 5.08. The number of rotatable bonds is 8. The summed E-state index contributed by atoms with van der Waals surface area (Å²) in [6, 6.07) is 11.1. The van der Waals surface area contributed by atoms with Gasteiger partial charge in [0.05, 0.1) is 11.9 Å². The van der Waals surface area contributed by atoms with Crippen molar-refractivity contribution >= 4 is 0 Å². The standard InChI is InChI=1S/C23H28FN5/c1-2-28-12-4-6-23(28)18-27(15-19-5-3-11-25-13-19)16-20-14-26-29(17-20)22-9-7-21(24)8-10-22/h3,5,7-11,13-14,17,23H,2,4,6,12,15-16,18H2,1H3/t23-/m0/s1. The van der Waals surface area contributed by atoms with E-state index in [1.165, 1.54) is 37.1 Å². The maximum atomic E-state index is 13.2. The Labute approximate surface area is 171 Å². The van der Waals surface area contributed by atoms with Crippen LogP contribution in [-0.2, 0) is 13.1 Å². The molecule has 0 radical (unpaired) electrons. The fourth-order valence-electron chi connectivity index (χ4n) is 4.19. The van der Waals surface area contributed by atoms with Crippen molar-refractivity contribution in [1.29, 1.82) is 0 Å². The van der Waals surface area contributed by atoms with E-state index in [9.17, 15) is 4.39 Å². The van der Waals surface area contributed by atoms with Crippen LogP contribution in [0.5, 0.6) is 0 Å². The maximum absolute atomic E-state index is 13.2. The quantitative estimate of drug-likeness (QED) is 0.582. The molecule has 0 saturated carbocycles. The number of halogens is 1. The molecule has 3 aromatic rings. The molecule has 1 aromatic carbocycles. The molecule has 0 unspecified atom stereocenters. The molecule has 0 bridgehead atoms. The molecule has 5 nitrogen and oxygen atoms in total. The van der Waals surface area contributed by atoms with E-state index in [-0.39, 0.29) is 5.82 Å². The zero-order valence-electron chi connectivity index (χ0n) is 16.9. The number of benzene rings is 1. The highest BCUT2D eigenvalue weighted by atomic mass is 19.1. The van der Waals surface area contributed by atoms with Gasteiger partial charge in [-0.3, -0.25) is 14.8 Å². The molecule has 152 valence electrons. The van der Waals surface area contributed by atoms with E-state index >= 15 is 0 Å². The van der Waals surface area contributed by atoms with Gasteiger partial charge in [-0.1, -0.05) is 13.0 Å². The van der Waals surface area contributed by atoms with E-state index < -0.39 is 0 Å². The molecule has 0 spiro atoms. The molecule has 29 heavy (non-hydrogen) atoms. The number of aromatic nitrogens is 3. The Morgan fingerprint density at radius 1 is 1.10 bits per heavy atom. The summed E-state index contributed by atoms with van der Waals surface area (Å²) < 4.78 is 15.0. The Kier molecular flexibility index (Phi) is 6.32. The van der Waals surface area contributed by atoms with E-state index in [0.29, 0.717) is 6.04 Å². The van der Waals surface area contributed by atoms with Gasteiger partial charge in [0.25, 0.3) is 0 Å². The molecule has 0 N–H and O–H groups in total. The second-order valence-corrected chi connectivity index (χ2v) is 7.73. The first-order valence-electron chi connectivity index (χ1n) is 10.4. The van der Waals surface area contributed by atoms with Gasteiger partial charge < -0.3 is 0 Å². The van der Waals surface area contributed by atoms with Crippen molar-refractivity contribution in [3.8, 4) is 5.69 Å². The molecule has 2 aromatic heterocycles. The van der Waals surface area contributed by atoms with Crippen LogP contribution in [0.15, 0.2) is 61.2 Å². The summed E-state index contributed by atoms with van der Waals surface area (Å²) in [6.07, 6.45) is 10.2. The lowest BCUT2D eigenvalue weighted by atomic mass is 10.1. The first-order chi connectivity index (χ1) is 14.2. The van der Waals surface area contributed by atoms with Crippen LogP contribution in [0.25, 0.3) is 5.69 Å². The van der Waals surface area contributed by atoms with E-state index in [0.717, 1.165) is 37.4 Å². The zero-order chi connectivity index (χ0) is 20.1. The number of pyridine rings is 1. The van der Waals surface area contributed by atoms with Gasteiger partial charge >= 0.3 is 0 Å². The van der Waals surface area contributed by atoms with Gasteiger partial charge in [-0.2, -0.15) is 5.10 Å². The predicted molar refractivity (Wildman–Crippen MR) is 112 cm³/mol. The largest absolute Gasteiger partial charge is 0.299 e. The average Bonchev–Trinajstić information content (AvgIpc) is 3.38. The van der Waals surface area contributed by atoms with E-state index in [1.807, 2.05) is 35.5 Å². The van der Waals surface area contributed by atoms with Crippen molar-refractivity contribution in [2.75, 3.05) is 19.6 Å². The zero-order valence-corrected chi connectivity index (χ0v) is 16.9. The van der Waals surface area contributed by atoms with Gasteiger partial charge in [0.1, 0.15) is 5.82 Å². The van der Waals surface area contributed by atoms with Crippen LogP contribution in [0.2, 0.25) is 0 Å². The molecule has 3 heterocycles. The number of nitrogens with zero attached hydrogens (tertiary/aromatic N) is 5. The van der Waals surface area contributed by atoms with Gasteiger partial charge in [0.2, 0.25) is 0 Å². The molecule has 4 rings (SSSR count). The monoisotopic (exact) mass is 393 g/mol. The minimum Gasteiger partial charge on any atom is -0.299 e. The minimum absolute atomic E-state index is 0.235. The highest BCUT2D eigenvalue weighted by molar-refractivity contribution is 5.31. The second-order valence-electron chi connectivity index (χ2n) is 7.73. The molecular formula is C23H28FN5. The normalized spacial score (nSPS) is 17.3. The van der Waals surface area contributed by atoms with Gasteiger partial charge in [-0.15, -0.1) is 0 Å². The SMILES string of the molecule is CCN1CCC[C@H]1CN(Cc1cccnc1)Cc1cnn(-c2ccc(F)cc2)c1. The van der Waals surface area contributed by atoms with Crippen molar-refractivity contribution in [1.82, 2.24) is 24.6 Å². The molecule has 0 amide bonds. The average molecular weight is 394 g/mol. The van der Waals surface area contributed by atoms with Crippen molar-refractivity contribution in [2.24, 2.45) is 0 Å². The summed E-state index contributed by atoms with van der Waals surface area (Å²) in [5.41, 5.74) is 3.24. The topological polar surface area (TPSA) is 37.2 Å². The van der Waals surface area contributed by atoms with E-state index in [2.05, 4.69) is 32.9 Å². The summed E-state index contributed by atoms with van der Waals surface area (Å²) in [5, 5.41) is 4.48. The first-order valence-corrected chi connectivity index (χ1v) is 10.4. The van der Waals surface area contributed by atoms with Crippen LogP contribution in [-0.4, -0.2) is 50.2 Å². The molecule has 0 aliphatic carbocycles. The Balaban J connectivity index is 1.49. The Bertz CT molecular complexity index is 893. The Hall–Kier alpha value is -2.57. The number of hydrogen-bond acceptors (Lipinski definition) is 4. The second kappa shape index (κ2) is 9.29. The minimum atomic E-state index is -0.235. The van der Waals surface area contributed by atoms with E-state index in [1.54, 1.807) is 12.1 Å². The lowest BCUT2D eigenvalue weighted by molar-refractivity contribution is 0.166. The number of likely N-dealkylation sites (tertiary alicyclic amines) is 1. The van der Waals surface area contributed by atoms with Crippen molar-refractivity contribution in [3.63, 3.8) is 0 Å². The van der Waals surface area contributed by atoms with Crippen LogP contribution in [0, 0.1) is 5.82 Å². The molecule has 6 heteroatoms. The maximum Gasteiger partial charge on any atom is 0.123 e. The molecule has 1 fully saturated rings. The molecule has 1 atom stereocenters. The van der Waals surface area contributed by atoms with Crippen LogP contribution in [0.1, 0.15) is 30.9 Å². The third-order valence-electron chi connectivity index (χ3n) is 5.64. The lowest BCUT2D eigenvalue weighted by Crippen LogP contribution is -2.39. The fraction of sp³-hybridized carbons (Fsp3) is 0.391. The van der Waals surface area contributed by atoms with Crippen molar-refractivity contribution in [2.45, 2.75) is 38.9 Å². The first kappa shape index (κ1) is 19.7. The summed E-state index contributed by atoms with van der Waals surface area (Å²) in [5.74, 6) is -0.235. The number of hydrogen-bond donors (Lipinski definition) is 0. The summed E-state index contributed by atoms with van der Waals surface area (Å²) in [7, 11) is 0. The highest BCUT2D eigenvalue weighted by Gasteiger charge is 2.25. The third-order valence-corrected chi connectivity index (χ3v) is 5.64. The lowest BCUT2D eigenvalue weighted by Gasteiger charge is -2.30. The Morgan fingerprint density at radius 2 is 1.93 bits per heavy atom. The van der Waals surface area contributed by atoms with E-state index in [4.69, 9.17) is 0 Å². The molecular weight excluding hydrogens is 365 g/mol. The molecule has 1 aliphatic rings. The summed E-state index contributed by atoms with van der Waals surface area (Å²) >= 11 is 0. The summed E-state index contributed by atoms with van der Waals surface area (Å²) in [6.45, 7) is 7.27. The van der Waals surface area contributed by atoms with Crippen LogP contribution < -0.4 is 0 Å². The Morgan fingerprint density at radius 3 is 2.69 bits per heavy atom. The van der Waals surface area contributed by atoms with Gasteiger partial charge in [0.15, 0.2) is 0 Å². The fourth-order valence-corrected chi connectivity index (χ4v) is 4.19.